The van der Waals surface area contributed by atoms with Crippen molar-refractivity contribution in [2.24, 2.45) is 17.8 Å². The average Bonchev–Trinajstić information content (AvgIpc) is 2.49. The van der Waals surface area contributed by atoms with Crippen LogP contribution in [0.3, 0.4) is 0 Å². The molecular formula is C18H36O2. The van der Waals surface area contributed by atoms with Crippen LogP contribution in [0.4, 0.5) is 0 Å². The van der Waals surface area contributed by atoms with Gasteiger partial charge in [-0.2, -0.15) is 0 Å². The van der Waals surface area contributed by atoms with Crippen LogP contribution < -0.4 is 0 Å². The molecule has 0 aromatic carbocycles. The second-order valence-corrected chi connectivity index (χ2v) is 5.90. The number of esters is 1. The van der Waals surface area contributed by atoms with Crippen LogP contribution in [0.5, 0.6) is 0 Å². The van der Waals surface area contributed by atoms with Crippen LogP contribution in [0.2, 0.25) is 0 Å². The molecule has 1 aliphatic rings. The molecule has 0 N–H and O–H groups in total. The third-order valence-corrected chi connectivity index (χ3v) is 4.57. The van der Waals surface area contributed by atoms with Gasteiger partial charge in [0.1, 0.15) is 6.10 Å². The predicted molar refractivity (Wildman–Crippen MR) is 86.7 cm³/mol. The molecule has 4 unspecified atom stereocenters. The minimum atomic E-state index is 0.00713. The lowest BCUT2D eigenvalue weighted by atomic mass is 9.74. The summed E-state index contributed by atoms with van der Waals surface area (Å²) in [5.74, 6) is 1.68. The van der Waals surface area contributed by atoms with E-state index in [1.165, 1.54) is 25.7 Å². The standard InChI is InChI=1S/C16H30O2.C2H6/c1-5-8-14-11-15(10-9-13(14)7-3)18-16(17)12(4)6-2;1-2/h12-15H,5-11H2,1-4H3;1-2H3. The Labute approximate surface area is 126 Å². The number of carbonyl (C=O) groups excluding carboxylic acids is 1. The van der Waals surface area contributed by atoms with Crippen LogP contribution in [0.25, 0.3) is 0 Å². The summed E-state index contributed by atoms with van der Waals surface area (Å²) in [5.41, 5.74) is 0. The first kappa shape index (κ1) is 19.5. The maximum absolute atomic E-state index is 11.8. The van der Waals surface area contributed by atoms with Gasteiger partial charge >= 0.3 is 5.97 Å². The fraction of sp³-hybridized carbons (Fsp3) is 0.944. The van der Waals surface area contributed by atoms with Gasteiger partial charge in [0.2, 0.25) is 0 Å². The predicted octanol–water partition coefficient (Wildman–Crippen LogP) is 5.60. The number of carbonyl (C=O) groups is 1. The Bertz CT molecular complexity index is 250. The molecule has 4 atom stereocenters. The normalized spacial score (nSPS) is 27.2. The van der Waals surface area contributed by atoms with Crippen LogP contribution in [0.15, 0.2) is 0 Å². The summed E-state index contributed by atoms with van der Waals surface area (Å²) in [6, 6.07) is 0. The second-order valence-electron chi connectivity index (χ2n) is 5.90. The van der Waals surface area contributed by atoms with Crippen LogP contribution in [0.1, 0.15) is 86.5 Å². The highest BCUT2D eigenvalue weighted by Crippen LogP contribution is 2.36. The molecule has 1 saturated carbocycles. The highest BCUT2D eigenvalue weighted by Gasteiger charge is 2.31. The largest absolute Gasteiger partial charge is 0.462 e. The lowest BCUT2D eigenvalue weighted by molar-refractivity contribution is -0.156. The Morgan fingerprint density at radius 1 is 1.15 bits per heavy atom. The molecule has 0 heterocycles. The van der Waals surface area contributed by atoms with E-state index in [0.29, 0.717) is 0 Å². The van der Waals surface area contributed by atoms with E-state index in [9.17, 15) is 4.79 Å². The van der Waals surface area contributed by atoms with E-state index in [1.54, 1.807) is 0 Å². The first-order valence-corrected chi connectivity index (χ1v) is 8.82. The summed E-state index contributed by atoms with van der Waals surface area (Å²) in [5, 5.41) is 0. The van der Waals surface area contributed by atoms with E-state index >= 15 is 0 Å². The van der Waals surface area contributed by atoms with Crippen LogP contribution in [0, 0.1) is 17.8 Å². The fourth-order valence-electron chi connectivity index (χ4n) is 3.10. The first-order chi connectivity index (χ1) is 9.62. The summed E-state index contributed by atoms with van der Waals surface area (Å²) in [4.78, 5) is 11.8. The van der Waals surface area contributed by atoms with E-state index in [2.05, 4.69) is 13.8 Å². The number of ether oxygens (including phenoxy) is 1. The Morgan fingerprint density at radius 2 is 1.80 bits per heavy atom. The van der Waals surface area contributed by atoms with Gasteiger partial charge in [-0.1, -0.05) is 60.8 Å². The molecular weight excluding hydrogens is 248 g/mol. The summed E-state index contributed by atoms with van der Waals surface area (Å²) in [6.45, 7) is 12.5. The van der Waals surface area contributed by atoms with Gasteiger partial charge in [-0.25, -0.2) is 0 Å². The molecule has 0 aromatic heterocycles. The average molecular weight is 284 g/mol. The minimum Gasteiger partial charge on any atom is -0.462 e. The molecule has 2 nitrogen and oxygen atoms in total. The highest BCUT2D eigenvalue weighted by atomic mass is 16.5. The zero-order valence-corrected chi connectivity index (χ0v) is 14.6. The topological polar surface area (TPSA) is 26.3 Å². The van der Waals surface area contributed by atoms with E-state index in [1.807, 2.05) is 27.7 Å². The van der Waals surface area contributed by atoms with Crippen molar-refractivity contribution in [2.75, 3.05) is 0 Å². The molecule has 0 aliphatic heterocycles. The lowest BCUT2D eigenvalue weighted by Crippen LogP contribution is -2.32. The Balaban J connectivity index is 0.00000172. The van der Waals surface area contributed by atoms with Crippen molar-refractivity contribution in [1.29, 1.82) is 0 Å². The monoisotopic (exact) mass is 284 g/mol. The Morgan fingerprint density at radius 3 is 2.30 bits per heavy atom. The van der Waals surface area contributed by atoms with E-state index in [-0.39, 0.29) is 18.0 Å². The molecule has 0 aromatic rings. The minimum absolute atomic E-state index is 0.00713. The van der Waals surface area contributed by atoms with E-state index in [0.717, 1.165) is 31.1 Å². The molecule has 1 aliphatic carbocycles. The van der Waals surface area contributed by atoms with Gasteiger partial charge in [-0.15, -0.1) is 0 Å². The second kappa shape index (κ2) is 11.2. The van der Waals surface area contributed by atoms with Gasteiger partial charge in [-0.3, -0.25) is 4.79 Å². The van der Waals surface area contributed by atoms with Crippen LogP contribution >= 0.6 is 0 Å². The quantitative estimate of drug-likeness (QED) is 0.594. The fourth-order valence-corrected chi connectivity index (χ4v) is 3.10. The molecule has 120 valence electrons. The van der Waals surface area contributed by atoms with Crippen LogP contribution in [-0.2, 0) is 9.53 Å². The lowest BCUT2D eigenvalue weighted by Gasteiger charge is -2.35. The molecule has 1 rings (SSSR count). The van der Waals surface area contributed by atoms with Crippen molar-refractivity contribution < 1.29 is 9.53 Å². The molecule has 0 spiro atoms. The molecule has 2 heteroatoms. The maximum atomic E-state index is 11.8. The van der Waals surface area contributed by atoms with E-state index < -0.39 is 0 Å². The summed E-state index contributed by atoms with van der Waals surface area (Å²) < 4.78 is 5.67. The van der Waals surface area contributed by atoms with Gasteiger partial charge in [-0.05, 0) is 37.5 Å². The number of rotatable bonds is 6. The van der Waals surface area contributed by atoms with E-state index in [4.69, 9.17) is 4.74 Å². The third-order valence-electron chi connectivity index (χ3n) is 4.57. The molecule has 20 heavy (non-hydrogen) atoms. The summed E-state index contributed by atoms with van der Waals surface area (Å²) in [6.07, 6.45) is 8.27. The molecule has 1 fully saturated rings. The van der Waals surface area contributed by atoms with Gasteiger partial charge < -0.3 is 4.74 Å². The Kier molecular flexibility index (Phi) is 10.9. The number of hydrogen-bond donors (Lipinski definition) is 0. The van der Waals surface area contributed by atoms with Crippen LogP contribution in [-0.4, -0.2) is 12.1 Å². The SMILES string of the molecule is CC.CCCC1CC(OC(=O)C(C)CC)CCC1CC. The van der Waals surface area contributed by atoms with Crippen molar-refractivity contribution in [2.45, 2.75) is 92.6 Å². The molecule has 0 radical (unpaired) electrons. The van der Waals surface area contributed by atoms with Crippen molar-refractivity contribution in [3.63, 3.8) is 0 Å². The van der Waals surface area contributed by atoms with Crippen molar-refractivity contribution in [1.82, 2.24) is 0 Å². The Hall–Kier alpha value is -0.530. The smallest absolute Gasteiger partial charge is 0.308 e. The summed E-state index contributed by atoms with van der Waals surface area (Å²) >= 11 is 0. The van der Waals surface area contributed by atoms with Crippen molar-refractivity contribution in [3.05, 3.63) is 0 Å². The third kappa shape index (κ3) is 6.28. The van der Waals surface area contributed by atoms with Gasteiger partial charge in [0.15, 0.2) is 0 Å². The van der Waals surface area contributed by atoms with Crippen molar-refractivity contribution in [3.8, 4) is 0 Å². The first-order valence-electron chi connectivity index (χ1n) is 8.82. The number of hydrogen-bond acceptors (Lipinski definition) is 2. The van der Waals surface area contributed by atoms with Gasteiger partial charge in [0.05, 0.1) is 5.92 Å². The maximum Gasteiger partial charge on any atom is 0.308 e. The zero-order chi connectivity index (χ0) is 15.5. The summed E-state index contributed by atoms with van der Waals surface area (Å²) in [7, 11) is 0. The molecule has 0 saturated heterocycles. The van der Waals surface area contributed by atoms with Gasteiger partial charge in [0, 0.05) is 0 Å². The molecule has 0 bridgehead atoms. The van der Waals surface area contributed by atoms with Gasteiger partial charge in [0.25, 0.3) is 0 Å². The zero-order valence-electron chi connectivity index (χ0n) is 14.6. The van der Waals surface area contributed by atoms with Crippen molar-refractivity contribution >= 4 is 5.97 Å². The highest BCUT2D eigenvalue weighted by molar-refractivity contribution is 5.72. The molecule has 0 amide bonds.